The Kier molecular flexibility index (Phi) is 5.75. The summed E-state index contributed by atoms with van der Waals surface area (Å²) in [5.74, 6) is 0. The summed E-state index contributed by atoms with van der Waals surface area (Å²) >= 11 is 0. The first-order chi connectivity index (χ1) is 10.0. The molecule has 0 aromatic heterocycles. The Morgan fingerprint density at radius 1 is 1.33 bits per heavy atom. The molecular weight excluding hydrogens is 288 g/mol. The second-order valence-corrected chi connectivity index (χ2v) is 7.41. The van der Waals surface area contributed by atoms with Crippen molar-refractivity contribution in [2.45, 2.75) is 36.6 Å². The number of rotatable bonds is 6. The van der Waals surface area contributed by atoms with E-state index in [4.69, 9.17) is 5.11 Å². The second kappa shape index (κ2) is 7.35. The molecule has 6 heteroatoms. The van der Waals surface area contributed by atoms with Gasteiger partial charge in [0.15, 0.2) is 0 Å². The molecule has 1 aromatic rings. The molecule has 2 rings (SSSR count). The molecule has 0 radical (unpaired) electrons. The Labute approximate surface area is 127 Å². The molecule has 1 aromatic carbocycles. The number of aliphatic hydroxyl groups excluding tert-OH is 1. The Morgan fingerprint density at radius 3 is 2.67 bits per heavy atom. The number of likely N-dealkylation sites (tertiary alicyclic amines) is 1. The van der Waals surface area contributed by atoms with Gasteiger partial charge in [0.25, 0.3) is 0 Å². The van der Waals surface area contributed by atoms with Gasteiger partial charge in [0.2, 0.25) is 10.0 Å². The zero-order chi connectivity index (χ0) is 15.3. The highest BCUT2D eigenvalue weighted by atomic mass is 32.2. The minimum Gasteiger partial charge on any atom is -0.396 e. The van der Waals surface area contributed by atoms with Crippen LogP contribution in [0.5, 0.6) is 0 Å². The lowest BCUT2D eigenvalue weighted by atomic mass is 10.1. The Balaban J connectivity index is 2.01. The number of piperidine rings is 1. The van der Waals surface area contributed by atoms with E-state index >= 15 is 0 Å². The molecule has 118 valence electrons. The van der Waals surface area contributed by atoms with Gasteiger partial charge < -0.3 is 10.0 Å². The van der Waals surface area contributed by atoms with Crippen LogP contribution in [0.1, 0.15) is 24.8 Å². The van der Waals surface area contributed by atoms with Crippen LogP contribution in [0.15, 0.2) is 29.2 Å². The van der Waals surface area contributed by atoms with Gasteiger partial charge in [-0.15, -0.1) is 0 Å². The van der Waals surface area contributed by atoms with Crippen molar-refractivity contribution in [1.82, 2.24) is 9.62 Å². The summed E-state index contributed by atoms with van der Waals surface area (Å²) in [5.41, 5.74) is 1.04. The molecule has 1 fully saturated rings. The number of benzene rings is 1. The zero-order valence-electron chi connectivity index (χ0n) is 12.5. The lowest BCUT2D eigenvalue weighted by molar-refractivity contribution is 0.242. The lowest BCUT2D eigenvalue weighted by Crippen LogP contribution is -2.46. The summed E-state index contributed by atoms with van der Waals surface area (Å²) in [7, 11) is -1.44. The fraction of sp³-hybridized carbons (Fsp3) is 0.600. The van der Waals surface area contributed by atoms with Crippen LogP contribution in [0.25, 0.3) is 0 Å². The first kappa shape index (κ1) is 16.4. The van der Waals surface area contributed by atoms with Gasteiger partial charge in [0.1, 0.15) is 0 Å². The minimum atomic E-state index is -3.45. The normalized spacial score (nSPS) is 20.6. The number of aryl methyl sites for hydroxylation is 1. The Bertz CT molecular complexity index is 543. The number of sulfonamides is 1. The van der Waals surface area contributed by atoms with E-state index in [1.165, 1.54) is 0 Å². The number of likely N-dealkylation sites (N-methyl/N-ethyl adjacent to an activating group) is 1. The van der Waals surface area contributed by atoms with E-state index < -0.39 is 10.0 Å². The van der Waals surface area contributed by atoms with Gasteiger partial charge in [-0.2, -0.15) is 0 Å². The molecule has 1 heterocycles. The quantitative estimate of drug-likeness (QED) is 0.822. The highest BCUT2D eigenvalue weighted by Crippen LogP contribution is 2.15. The molecule has 0 spiro atoms. The third kappa shape index (κ3) is 4.78. The number of hydrogen-bond acceptors (Lipinski definition) is 4. The number of hydrogen-bond donors (Lipinski definition) is 2. The summed E-state index contributed by atoms with van der Waals surface area (Å²) in [6, 6.07) is 6.90. The third-order valence-corrected chi connectivity index (χ3v) is 5.34. The number of aliphatic hydroxyl groups is 1. The molecule has 21 heavy (non-hydrogen) atoms. The molecule has 0 aliphatic carbocycles. The average Bonchev–Trinajstić information content (AvgIpc) is 2.45. The maximum Gasteiger partial charge on any atom is 0.240 e. The number of nitrogens with one attached hydrogen (secondary N) is 1. The molecule has 0 amide bonds. The molecule has 1 saturated heterocycles. The topological polar surface area (TPSA) is 69.6 Å². The van der Waals surface area contributed by atoms with Crippen LogP contribution in [0.4, 0.5) is 0 Å². The van der Waals surface area contributed by atoms with E-state index in [1.807, 2.05) is 19.2 Å². The maximum absolute atomic E-state index is 12.4. The SMILES string of the molecule is CN1CCCC(NS(=O)(=O)c2ccc(CCCO)cc2)C1. The van der Waals surface area contributed by atoms with Gasteiger partial charge in [-0.1, -0.05) is 12.1 Å². The van der Waals surface area contributed by atoms with E-state index in [0.717, 1.165) is 37.9 Å². The Morgan fingerprint density at radius 2 is 2.05 bits per heavy atom. The lowest BCUT2D eigenvalue weighted by Gasteiger charge is -2.29. The van der Waals surface area contributed by atoms with Crippen LogP contribution in [-0.2, 0) is 16.4 Å². The highest BCUT2D eigenvalue weighted by molar-refractivity contribution is 7.89. The highest BCUT2D eigenvalue weighted by Gasteiger charge is 2.23. The number of nitrogens with zero attached hydrogens (tertiary/aromatic N) is 1. The van der Waals surface area contributed by atoms with Gasteiger partial charge in [-0.3, -0.25) is 0 Å². The largest absolute Gasteiger partial charge is 0.396 e. The van der Waals surface area contributed by atoms with Crippen molar-refractivity contribution in [2.75, 3.05) is 26.7 Å². The zero-order valence-corrected chi connectivity index (χ0v) is 13.3. The maximum atomic E-state index is 12.4. The molecule has 1 unspecified atom stereocenters. The van der Waals surface area contributed by atoms with Gasteiger partial charge >= 0.3 is 0 Å². The van der Waals surface area contributed by atoms with Crippen LogP contribution in [0, 0.1) is 0 Å². The monoisotopic (exact) mass is 312 g/mol. The first-order valence-corrected chi connectivity index (χ1v) is 8.90. The average molecular weight is 312 g/mol. The van der Waals surface area contributed by atoms with Gasteiger partial charge in [0.05, 0.1) is 4.90 Å². The fourth-order valence-electron chi connectivity index (χ4n) is 2.67. The van der Waals surface area contributed by atoms with E-state index in [2.05, 4.69) is 9.62 Å². The predicted molar refractivity (Wildman–Crippen MR) is 82.7 cm³/mol. The van der Waals surface area contributed by atoms with Crippen molar-refractivity contribution in [3.05, 3.63) is 29.8 Å². The summed E-state index contributed by atoms with van der Waals surface area (Å²) in [6.45, 7) is 1.93. The predicted octanol–water partition coefficient (Wildman–Crippen LogP) is 0.984. The second-order valence-electron chi connectivity index (χ2n) is 5.69. The smallest absolute Gasteiger partial charge is 0.240 e. The van der Waals surface area contributed by atoms with E-state index in [0.29, 0.717) is 11.3 Å². The molecule has 5 nitrogen and oxygen atoms in total. The molecule has 1 aliphatic heterocycles. The van der Waals surface area contributed by atoms with Crippen molar-refractivity contribution in [3.8, 4) is 0 Å². The van der Waals surface area contributed by atoms with Crippen LogP contribution in [-0.4, -0.2) is 51.2 Å². The van der Waals surface area contributed by atoms with Gasteiger partial charge in [-0.25, -0.2) is 13.1 Å². The summed E-state index contributed by atoms with van der Waals surface area (Å²) < 4.78 is 27.5. The fourth-order valence-corrected chi connectivity index (χ4v) is 3.93. The van der Waals surface area contributed by atoms with Gasteiger partial charge in [0, 0.05) is 19.2 Å². The van der Waals surface area contributed by atoms with Gasteiger partial charge in [-0.05, 0) is 57.0 Å². The molecule has 0 saturated carbocycles. The van der Waals surface area contributed by atoms with Crippen LogP contribution < -0.4 is 4.72 Å². The standard InChI is InChI=1S/C15H24N2O3S/c1-17-10-2-5-14(12-17)16-21(19,20)15-8-6-13(7-9-15)4-3-11-18/h6-9,14,16,18H,2-5,10-12H2,1H3. The van der Waals surface area contributed by atoms with Crippen LogP contribution in [0.3, 0.4) is 0 Å². The molecular formula is C15H24N2O3S. The summed E-state index contributed by atoms with van der Waals surface area (Å²) in [6.07, 6.45) is 3.36. The first-order valence-electron chi connectivity index (χ1n) is 7.42. The molecule has 0 bridgehead atoms. The van der Waals surface area contributed by atoms with Crippen LogP contribution >= 0.6 is 0 Å². The van der Waals surface area contributed by atoms with Crippen molar-refractivity contribution in [1.29, 1.82) is 0 Å². The van der Waals surface area contributed by atoms with E-state index in [1.54, 1.807) is 12.1 Å². The van der Waals surface area contributed by atoms with E-state index in [9.17, 15) is 8.42 Å². The van der Waals surface area contributed by atoms with Crippen molar-refractivity contribution in [3.63, 3.8) is 0 Å². The van der Waals surface area contributed by atoms with Crippen LogP contribution in [0.2, 0.25) is 0 Å². The molecule has 2 N–H and O–H groups in total. The Hall–Kier alpha value is -0.950. The molecule has 1 aliphatic rings. The summed E-state index contributed by atoms with van der Waals surface area (Å²) in [5, 5.41) is 8.81. The molecule has 1 atom stereocenters. The minimum absolute atomic E-state index is 0.0113. The van der Waals surface area contributed by atoms with Crippen molar-refractivity contribution in [2.24, 2.45) is 0 Å². The summed E-state index contributed by atoms with van der Waals surface area (Å²) in [4.78, 5) is 2.46. The van der Waals surface area contributed by atoms with E-state index in [-0.39, 0.29) is 12.6 Å². The van der Waals surface area contributed by atoms with Crippen molar-refractivity contribution >= 4 is 10.0 Å². The third-order valence-electron chi connectivity index (χ3n) is 3.80. The van der Waals surface area contributed by atoms with Crippen molar-refractivity contribution < 1.29 is 13.5 Å².